The fourth-order valence-electron chi connectivity index (χ4n) is 1.63. The third-order valence-electron chi connectivity index (χ3n) is 2.21. The number of rotatable bonds is 7. The van der Waals surface area contributed by atoms with Crippen LogP contribution < -0.4 is 0 Å². The molecule has 0 spiro atoms. The van der Waals surface area contributed by atoms with Crippen molar-refractivity contribution in [3.8, 4) is 11.8 Å². The van der Waals surface area contributed by atoms with Crippen LogP contribution in [-0.2, 0) is 13.3 Å². The first-order valence-electron chi connectivity index (χ1n) is 5.85. The minimum Gasteiger partial charge on any atom is -0.373 e. The highest BCUT2D eigenvalue weighted by molar-refractivity contribution is 6.65. The maximum atomic E-state index is 5.82. The maximum absolute atomic E-state index is 5.82. The van der Waals surface area contributed by atoms with Gasteiger partial charge >= 0.3 is 8.80 Å². The zero-order valence-electron chi connectivity index (χ0n) is 11.3. The van der Waals surface area contributed by atoms with Crippen molar-refractivity contribution in [3.63, 3.8) is 0 Å². The molecule has 0 radical (unpaired) electrons. The Morgan fingerprint density at radius 1 is 0.938 bits per heavy atom. The SMILES string of the molecule is CC#CC(C)(C)[Si](OCC)(OCC)OCC. The average molecular weight is 244 g/mol. The molecular formula is C12H24O3Si. The van der Waals surface area contributed by atoms with Crippen LogP contribution in [0.3, 0.4) is 0 Å². The van der Waals surface area contributed by atoms with Gasteiger partial charge in [0.2, 0.25) is 0 Å². The van der Waals surface area contributed by atoms with Crippen molar-refractivity contribution in [2.24, 2.45) is 0 Å². The van der Waals surface area contributed by atoms with E-state index in [1.807, 2.05) is 41.5 Å². The highest BCUT2D eigenvalue weighted by atomic mass is 28.4. The van der Waals surface area contributed by atoms with Gasteiger partial charge in [-0.05, 0) is 41.5 Å². The molecule has 0 saturated carbocycles. The lowest BCUT2D eigenvalue weighted by atomic mass is 10.2. The first kappa shape index (κ1) is 15.7. The predicted molar refractivity (Wildman–Crippen MR) is 68.1 cm³/mol. The van der Waals surface area contributed by atoms with Crippen molar-refractivity contribution >= 4 is 8.80 Å². The molecule has 4 heteroatoms. The standard InChI is InChI=1S/C12H24O3Si/c1-7-11-12(5,6)16(13-8-2,14-9-3)15-10-4/h8-10H2,1-6H3. The Kier molecular flexibility index (Phi) is 6.92. The van der Waals surface area contributed by atoms with Crippen LogP contribution in [0.5, 0.6) is 0 Å². The van der Waals surface area contributed by atoms with E-state index in [0.29, 0.717) is 19.8 Å². The quantitative estimate of drug-likeness (QED) is 0.509. The monoisotopic (exact) mass is 244 g/mol. The molecule has 3 nitrogen and oxygen atoms in total. The molecule has 0 atom stereocenters. The Balaban J connectivity index is 5.17. The molecule has 0 N–H and O–H groups in total. The molecule has 0 aliphatic carbocycles. The molecule has 0 aliphatic rings. The molecule has 0 aromatic carbocycles. The molecule has 0 fully saturated rings. The minimum atomic E-state index is -2.72. The van der Waals surface area contributed by atoms with E-state index in [9.17, 15) is 0 Å². The summed E-state index contributed by atoms with van der Waals surface area (Å²) in [4.78, 5) is 0. The van der Waals surface area contributed by atoms with Gasteiger partial charge in [-0.3, -0.25) is 0 Å². The largest absolute Gasteiger partial charge is 0.519 e. The van der Waals surface area contributed by atoms with Gasteiger partial charge in [0, 0.05) is 19.8 Å². The smallest absolute Gasteiger partial charge is 0.373 e. The van der Waals surface area contributed by atoms with Gasteiger partial charge in [0.1, 0.15) is 0 Å². The molecule has 0 rings (SSSR count). The second-order valence-electron chi connectivity index (χ2n) is 3.86. The summed E-state index contributed by atoms with van der Waals surface area (Å²) < 4.78 is 17.5. The van der Waals surface area contributed by atoms with Crippen molar-refractivity contribution in [3.05, 3.63) is 0 Å². The van der Waals surface area contributed by atoms with E-state index < -0.39 is 8.80 Å². The molecule has 0 aromatic rings. The Hall–Kier alpha value is -0.343. The van der Waals surface area contributed by atoms with Crippen LogP contribution in [0.2, 0.25) is 5.04 Å². The lowest BCUT2D eigenvalue weighted by molar-refractivity contribution is 0.0562. The fourth-order valence-corrected chi connectivity index (χ4v) is 4.38. The Labute approximate surface area is 101 Å². The zero-order chi connectivity index (χ0) is 12.7. The van der Waals surface area contributed by atoms with Gasteiger partial charge < -0.3 is 13.3 Å². The van der Waals surface area contributed by atoms with E-state index in [1.165, 1.54) is 0 Å². The summed E-state index contributed by atoms with van der Waals surface area (Å²) in [6.45, 7) is 13.5. The summed E-state index contributed by atoms with van der Waals surface area (Å²) >= 11 is 0. The third kappa shape index (κ3) is 3.60. The summed E-state index contributed by atoms with van der Waals surface area (Å²) in [5.41, 5.74) is 0. The summed E-state index contributed by atoms with van der Waals surface area (Å²) in [5, 5.41) is -0.371. The highest BCUT2D eigenvalue weighted by Crippen LogP contribution is 2.38. The summed E-state index contributed by atoms with van der Waals surface area (Å²) in [6, 6.07) is 0. The highest BCUT2D eigenvalue weighted by Gasteiger charge is 2.54. The van der Waals surface area contributed by atoms with E-state index in [1.54, 1.807) is 0 Å². The molecular weight excluding hydrogens is 220 g/mol. The van der Waals surface area contributed by atoms with Crippen molar-refractivity contribution in [1.29, 1.82) is 0 Å². The Morgan fingerprint density at radius 2 is 1.31 bits per heavy atom. The fraction of sp³-hybridized carbons (Fsp3) is 0.833. The van der Waals surface area contributed by atoms with Gasteiger partial charge in [-0.15, -0.1) is 5.92 Å². The Morgan fingerprint density at radius 3 is 1.56 bits per heavy atom. The van der Waals surface area contributed by atoms with Gasteiger partial charge in [-0.25, -0.2) is 0 Å². The van der Waals surface area contributed by atoms with E-state index in [0.717, 1.165) is 0 Å². The molecule has 0 aliphatic heterocycles. The van der Waals surface area contributed by atoms with Crippen molar-refractivity contribution in [2.75, 3.05) is 19.8 Å². The van der Waals surface area contributed by atoms with Crippen LogP contribution in [0, 0.1) is 11.8 Å². The molecule has 0 saturated heterocycles. The van der Waals surface area contributed by atoms with Crippen molar-refractivity contribution in [1.82, 2.24) is 0 Å². The third-order valence-corrected chi connectivity index (χ3v) is 5.87. The van der Waals surface area contributed by atoms with Crippen LogP contribution in [0.15, 0.2) is 0 Å². The van der Waals surface area contributed by atoms with Crippen LogP contribution in [-0.4, -0.2) is 28.6 Å². The van der Waals surface area contributed by atoms with Gasteiger partial charge in [-0.2, -0.15) is 0 Å². The molecule has 0 unspecified atom stereocenters. The van der Waals surface area contributed by atoms with E-state index in [2.05, 4.69) is 11.8 Å². The maximum Gasteiger partial charge on any atom is 0.519 e. The minimum absolute atomic E-state index is 0.371. The van der Waals surface area contributed by atoms with Gasteiger partial charge in [0.25, 0.3) is 0 Å². The number of hydrogen-bond acceptors (Lipinski definition) is 3. The Bertz CT molecular complexity index is 236. The summed E-state index contributed by atoms with van der Waals surface area (Å²) in [6.07, 6.45) is 0. The van der Waals surface area contributed by atoms with Crippen LogP contribution in [0.25, 0.3) is 0 Å². The second kappa shape index (κ2) is 7.07. The van der Waals surface area contributed by atoms with E-state index in [4.69, 9.17) is 13.3 Å². The van der Waals surface area contributed by atoms with Crippen LogP contribution in [0.1, 0.15) is 41.5 Å². The second-order valence-corrected chi connectivity index (χ2v) is 7.08. The molecule has 0 aromatic heterocycles. The van der Waals surface area contributed by atoms with E-state index in [-0.39, 0.29) is 5.04 Å². The van der Waals surface area contributed by atoms with Crippen LogP contribution >= 0.6 is 0 Å². The van der Waals surface area contributed by atoms with Crippen molar-refractivity contribution < 1.29 is 13.3 Å². The van der Waals surface area contributed by atoms with Gasteiger partial charge in [-0.1, -0.05) is 5.92 Å². The summed E-state index contributed by atoms with van der Waals surface area (Å²) in [7, 11) is -2.72. The van der Waals surface area contributed by atoms with Crippen molar-refractivity contribution in [2.45, 2.75) is 46.6 Å². The topological polar surface area (TPSA) is 27.7 Å². The molecule has 94 valence electrons. The molecule has 0 amide bonds. The summed E-state index contributed by atoms with van der Waals surface area (Å²) in [5.74, 6) is 6.09. The lowest BCUT2D eigenvalue weighted by Gasteiger charge is -2.37. The van der Waals surface area contributed by atoms with Gasteiger partial charge in [0.15, 0.2) is 0 Å². The van der Waals surface area contributed by atoms with Gasteiger partial charge in [0.05, 0.1) is 5.04 Å². The molecule has 16 heavy (non-hydrogen) atoms. The zero-order valence-corrected chi connectivity index (χ0v) is 12.3. The molecule has 0 bridgehead atoms. The lowest BCUT2D eigenvalue weighted by Crippen LogP contribution is -2.54. The van der Waals surface area contributed by atoms with E-state index >= 15 is 0 Å². The first-order chi connectivity index (χ1) is 7.49. The van der Waals surface area contributed by atoms with Crippen LogP contribution in [0.4, 0.5) is 0 Å². The predicted octanol–water partition coefficient (Wildman–Crippen LogP) is 2.84. The number of hydrogen-bond donors (Lipinski definition) is 0. The average Bonchev–Trinajstić information content (AvgIpc) is 2.18. The molecule has 0 heterocycles. The normalized spacial score (nSPS) is 12.1. The first-order valence-corrected chi connectivity index (χ1v) is 7.57.